The van der Waals surface area contributed by atoms with Gasteiger partial charge in [-0.1, -0.05) is 0 Å². The molecule has 1 aliphatic rings. The maximum atomic E-state index is 12.2. The lowest BCUT2D eigenvalue weighted by Crippen LogP contribution is -2.45. The first-order valence-corrected chi connectivity index (χ1v) is 6.73. The molecule has 1 fully saturated rings. The molecule has 0 aliphatic carbocycles. The van der Waals surface area contributed by atoms with E-state index in [2.05, 4.69) is 10.6 Å². The first kappa shape index (κ1) is 14.3. The Labute approximate surface area is 118 Å². The summed E-state index contributed by atoms with van der Waals surface area (Å²) in [7, 11) is 0. The number of benzene rings is 1. The van der Waals surface area contributed by atoms with Gasteiger partial charge in [0.2, 0.25) is 11.8 Å². The lowest BCUT2D eigenvalue weighted by Gasteiger charge is -2.25. The molecule has 0 radical (unpaired) electrons. The Morgan fingerprint density at radius 1 is 1.40 bits per heavy atom. The van der Waals surface area contributed by atoms with E-state index in [9.17, 15) is 9.59 Å². The normalized spacial score (nSPS) is 17.9. The highest BCUT2D eigenvalue weighted by atomic mass is 16.2. The van der Waals surface area contributed by atoms with Crippen molar-refractivity contribution in [2.24, 2.45) is 0 Å². The van der Waals surface area contributed by atoms with Gasteiger partial charge in [-0.05, 0) is 37.6 Å². The number of rotatable bonds is 3. The number of carbonyl (C=O) groups excluding carboxylic acids is 2. The van der Waals surface area contributed by atoms with Gasteiger partial charge in [0.15, 0.2) is 0 Å². The van der Waals surface area contributed by atoms with Gasteiger partial charge in [0.25, 0.3) is 0 Å². The Hall–Kier alpha value is -2.08. The Kier molecular flexibility index (Phi) is 4.57. The molecule has 0 aromatic heterocycles. The second-order valence-corrected chi connectivity index (χ2v) is 4.96. The summed E-state index contributed by atoms with van der Waals surface area (Å²) < 4.78 is 0. The number of nitrogens with two attached hydrogens (primary N) is 1. The van der Waals surface area contributed by atoms with Gasteiger partial charge in [0.05, 0.1) is 12.6 Å². The predicted octanol–water partition coefficient (Wildman–Crippen LogP) is 0.418. The average molecular weight is 276 g/mol. The molecule has 1 heterocycles. The second-order valence-electron chi connectivity index (χ2n) is 4.96. The summed E-state index contributed by atoms with van der Waals surface area (Å²) in [4.78, 5) is 25.6. The molecular formula is C14H20N4O2. The van der Waals surface area contributed by atoms with E-state index in [-0.39, 0.29) is 24.4 Å². The van der Waals surface area contributed by atoms with E-state index in [4.69, 9.17) is 5.73 Å². The van der Waals surface area contributed by atoms with Gasteiger partial charge in [-0.25, -0.2) is 0 Å². The van der Waals surface area contributed by atoms with Crippen LogP contribution in [0.5, 0.6) is 0 Å². The van der Waals surface area contributed by atoms with E-state index in [0.29, 0.717) is 17.9 Å². The number of anilines is 2. The van der Waals surface area contributed by atoms with Gasteiger partial charge in [-0.2, -0.15) is 0 Å². The highest BCUT2D eigenvalue weighted by Crippen LogP contribution is 2.12. The molecule has 1 saturated heterocycles. The third kappa shape index (κ3) is 3.71. The molecule has 1 aliphatic heterocycles. The number of hydrogen-bond donors (Lipinski definition) is 3. The molecule has 0 bridgehead atoms. The Balaban J connectivity index is 1.97. The van der Waals surface area contributed by atoms with Gasteiger partial charge < -0.3 is 16.4 Å². The SMILES string of the molecule is CC(C(=O)Nc1ccc(N)cc1)N1CCCNC(=O)C1. The molecule has 1 aromatic rings. The number of carbonyl (C=O) groups is 2. The summed E-state index contributed by atoms with van der Waals surface area (Å²) in [5, 5.41) is 5.63. The van der Waals surface area contributed by atoms with Crippen molar-refractivity contribution in [3.05, 3.63) is 24.3 Å². The van der Waals surface area contributed by atoms with E-state index in [1.807, 2.05) is 11.8 Å². The van der Waals surface area contributed by atoms with Crippen LogP contribution >= 0.6 is 0 Å². The van der Waals surface area contributed by atoms with Gasteiger partial charge >= 0.3 is 0 Å². The van der Waals surface area contributed by atoms with Crippen molar-refractivity contribution in [3.63, 3.8) is 0 Å². The van der Waals surface area contributed by atoms with Crippen molar-refractivity contribution < 1.29 is 9.59 Å². The zero-order chi connectivity index (χ0) is 14.5. The average Bonchev–Trinajstić information content (AvgIpc) is 2.65. The van der Waals surface area contributed by atoms with Crippen LogP contribution < -0.4 is 16.4 Å². The quantitative estimate of drug-likeness (QED) is 0.698. The summed E-state index contributed by atoms with van der Waals surface area (Å²) in [6, 6.07) is 6.64. The molecule has 1 aromatic carbocycles. The maximum absolute atomic E-state index is 12.2. The zero-order valence-corrected chi connectivity index (χ0v) is 11.6. The largest absolute Gasteiger partial charge is 0.399 e. The van der Waals surface area contributed by atoms with Gasteiger partial charge in [0.1, 0.15) is 0 Å². The lowest BCUT2D eigenvalue weighted by molar-refractivity contribution is -0.124. The molecule has 20 heavy (non-hydrogen) atoms. The molecule has 6 nitrogen and oxygen atoms in total. The fraction of sp³-hybridized carbons (Fsp3) is 0.429. The topological polar surface area (TPSA) is 87.5 Å². The first-order valence-electron chi connectivity index (χ1n) is 6.73. The van der Waals surface area contributed by atoms with E-state index >= 15 is 0 Å². The molecule has 2 amide bonds. The lowest BCUT2D eigenvalue weighted by atomic mass is 10.2. The third-order valence-electron chi connectivity index (χ3n) is 3.40. The van der Waals surface area contributed by atoms with Crippen LogP contribution in [0.2, 0.25) is 0 Å². The van der Waals surface area contributed by atoms with Gasteiger partial charge in [-0.15, -0.1) is 0 Å². The van der Waals surface area contributed by atoms with Crippen molar-refractivity contribution in [1.82, 2.24) is 10.2 Å². The summed E-state index contributed by atoms with van der Waals surface area (Å²) in [5.41, 5.74) is 6.96. The van der Waals surface area contributed by atoms with Crippen molar-refractivity contribution in [1.29, 1.82) is 0 Å². The number of nitrogens with one attached hydrogen (secondary N) is 2. The van der Waals surface area contributed by atoms with Crippen molar-refractivity contribution in [2.75, 3.05) is 30.7 Å². The number of nitrogen functional groups attached to an aromatic ring is 1. The monoisotopic (exact) mass is 276 g/mol. The number of amides is 2. The molecule has 0 saturated carbocycles. The van der Waals surface area contributed by atoms with E-state index in [1.165, 1.54) is 0 Å². The highest BCUT2D eigenvalue weighted by molar-refractivity contribution is 5.95. The van der Waals surface area contributed by atoms with Crippen molar-refractivity contribution in [3.8, 4) is 0 Å². The fourth-order valence-electron chi connectivity index (χ4n) is 2.14. The van der Waals surface area contributed by atoms with Crippen LogP contribution in [0.1, 0.15) is 13.3 Å². The summed E-state index contributed by atoms with van der Waals surface area (Å²) in [6.07, 6.45) is 0.852. The molecule has 1 atom stereocenters. The minimum absolute atomic E-state index is 0.0327. The van der Waals surface area contributed by atoms with Crippen LogP contribution in [-0.2, 0) is 9.59 Å². The van der Waals surface area contributed by atoms with E-state index < -0.39 is 0 Å². The first-order chi connectivity index (χ1) is 9.56. The molecule has 1 unspecified atom stereocenters. The summed E-state index contributed by atoms with van der Waals surface area (Å²) in [6.45, 7) is 3.47. The van der Waals surface area contributed by atoms with Crippen LogP contribution in [-0.4, -0.2) is 42.4 Å². The second kappa shape index (κ2) is 6.38. The molecule has 108 valence electrons. The van der Waals surface area contributed by atoms with Crippen molar-refractivity contribution >= 4 is 23.2 Å². The van der Waals surface area contributed by atoms with Crippen LogP contribution in [0.3, 0.4) is 0 Å². The Morgan fingerprint density at radius 3 is 2.80 bits per heavy atom. The molecule has 0 spiro atoms. The number of hydrogen-bond acceptors (Lipinski definition) is 4. The van der Waals surface area contributed by atoms with Crippen LogP contribution in [0.15, 0.2) is 24.3 Å². The maximum Gasteiger partial charge on any atom is 0.241 e. The summed E-state index contributed by atoms with van der Waals surface area (Å²) >= 11 is 0. The van der Waals surface area contributed by atoms with E-state index in [0.717, 1.165) is 13.0 Å². The fourth-order valence-corrected chi connectivity index (χ4v) is 2.14. The van der Waals surface area contributed by atoms with Crippen LogP contribution in [0.4, 0.5) is 11.4 Å². The van der Waals surface area contributed by atoms with E-state index in [1.54, 1.807) is 24.3 Å². The third-order valence-corrected chi connectivity index (χ3v) is 3.40. The van der Waals surface area contributed by atoms with Crippen LogP contribution in [0, 0.1) is 0 Å². The minimum Gasteiger partial charge on any atom is -0.399 e. The van der Waals surface area contributed by atoms with Gasteiger partial charge in [0, 0.05) is 24.5 Å². The van der Waals surface area contributed by atoms with Gasteiger partial charge in [-0.3, -0.25) is 14.5 Å². The number of nitrogens with zero attached hydrogens (tertiary/aromatic N) is 1. The summed E-state index contributed by atoms with van der Waals surface area (Å²) in [5.74, 6) is -0.154. The predicted molar refractivity (Wildman–Crippen MR) is 78.1 cm³/mol. The molecule has 2 rings (SSSR count). The highest BCUT2D eigenvalue weighted by Gasteiger charge is 2.24. The smallest absolute Gasteiger partial charge is 0.241 e. The Morgan fingerprint density at radius 2 is 2.10 bits per heavy atom. The molecule has 6 heteroatoms. The Bertz CT molecular complexity index is 486. The molecule has 4 N–H and O–H groups in total. The standard InChI is InChI=1S/C14H20N4O2/c1-10(18-8-2-7-16-13(19)9-18)14(20)17-12-5-3-11(15)4-6-12/h3-6,10H,2,7-9,15H2,1H3,(H,16,19)(H,17,20). The molecular weight excluding hydrogens is 256 g/mol. The minimum atomic E-state index is -0.351. The van der Waals surface area contributed by atoms with Crippen LogP contribution in [0.25, 0.3) is 0 Å². The van der Waals surface area contributed by atoms with Crippen molar-refractivity contribution in [2.45, 2.75) is 19.4 Å². The zero-order valence-electron chi connectivity index (χ0n) is 11.6.